The highest BCUT2D eigenvalue weighted by Gasteiger charge is 2.34. The van der Waals surface area contributed by atoms with Gasteiger partial charge in [-0.3, -0.25) is 9.59 Å². The number of carboxylic acids is 1. The molecule has 1 amide bonds. The molecular formula is C31H26ClF4NO3. The number of amides is 1. The van der Waals surface area contributed by atoms with Gasteiger partial charge in [-0.15, -0.1) is 0 Å². The minimum atomic E-state index is -4.41. The van der Waals surface area contributed by atoms with E-state index in [1.165, 1.54) is 18.2 Å². The van der Waals surface area contributed by atoms with Crippen LogP contribution in [-0.4, -0.2) is 29.7 Å². The maximum atomic E-state index is 14.7. The van der Waals surface area contributed by atoms with Gasteiger partial charge in [0, 0.05) is 34.9 Å². The van der Waals surface area contributed by atoms with Gasteiger partial charge in [-0.1, -0.05) is 66.2 Å². The van der Waals surface area contributed by atoms with Crippen molar-refractivity contribution in [3.63, 3.8) is 0 Å². The Balaban J connectivity index is 1.81. The van der Waals surface area contributed by atoms with Gasteiger partial charge in [0.15, 0.2) is 0 Å². The van der Waals surface area contributed by atoms with Crippen LogP contribution in [0.5, 0.6) is 0 Å². The Labute approximate surface area is 233 Å². The predicted molar refractivity (Wildman–Crippen MR) is 146 cm³/mol. The van der Waals surface area contributed by atoms with Crippen LogP contribution in [0.3, 0.4) is 0 Å². The van der Waals surface area contributed by atoms with Gasteiger partial charge in [-0.2, -0.15) is 13.2 Å². The zero-order valence-electron chi connectivity index (χ0n) is 21.2. The number of hydrogen-bond acceptors (Lipinski definition) is 2. The highest BCUT2D eigenvalue weighted by molar-refractivity contribution is 6.30. The van der Waals surface area contributed by atoms with Crippen LogP contribution in [0, 0.1) is 5.82 Å². The van der Waals surface area contributed by atoms with Crippen molar-refractivity contribution in [1.29, 1.82) is 0 Å². The van der Waals surface area contributed by atoms with Gasteiger partial charge in [0.05, 0.1) is 6.42 Å². The molecule has 4 nitrogen and oxygen atoms in total. The molecule has 2 N–H and O–H groups in total. The summed E-state index contributed by atoms with van der Waals surface area (Å²) in [4.78, 5) is 23.2. The van der Waals surface area contributed by atoms with Crippen LogP contribution in [0.4, 0.5) is 17.6 Å². The largest absolute Gasteiger partial charge is 0.481 e. The maximum absolute atomic E-state index is 14.7. The zero-order valence-corrected chi connectivity index (χ0v) is 22.0. The normalized spacial score (nSPS) is 13.1. The van der Waals surface area contributed by atoms with Gasteiger partial charge in [0.25, 0.3) is 5.91 Å². The summed E-state index contributed by atoms with van der Waals surface area (Å²) in [6, 6.07) is 22.9. The third-order valence-corrected chi connectivity index (χ3v) is 7.09. The highest BCUT2D eigenvalue weighted by atomic mass is 35.5. The summed E-state index contributed by atoms with van der Waals surface area (Å²) in [7, 11) is 0. The average Bonchev–Trinajstić information content (AvgIpc) is 2.92. The highest BCUT2D eigenvalue weighted by Crippen LogP contribution is 2.45. The van der Waals surface area contributed by atoms with E-state index in [9.17, 15) is 27.2 Å². The van der Waals surface area contributed by atoms with E-state index in [4.69, 9.17) is 16.7 Å². The first-order valence-corrected chi connectivity index (χ1v) is 13.0. The summed E-state index contributed by atoms with van der Waals surface area (Å²) in [5, 5.41) is 12.7. The van der Waals surface area contributed by atoms with E-state index >= 15 is 0 Å². The summed E-state index contributed by atoms with van der Waals surface area (Å²) in [5.41, 5.74) is 2.20. The standard InChI is InChI=1S/C31H26ClF4NO3/c32-22-11-9-20(10-12-22)29(26-13-14-27(33)25-4-2-1-3-24(25)26)23(15-17-31(34,35)36)19-5-7-21(8-6-19)30(40)37-18-16-28(38)39/h1-14,23,29H,15-18H2,(H,37,40)(H,38,39). The van der Waals surface area contributed by atoms with Gasteiger partial charge in [-0.25, -0.2) is 4.39 Å². The molecule has 0 aromatic heterocycles. The van der Waals surface area contributed by atoms with Crippen molar-refractivity contribution >= 4 is 34.2 Å². The number of nitrogens with one attached hydrogen (secondary N) is 1. The van der Waals surface area contributed by atoms with Crippen molar-refractivity contribution in [3.8, 4) is 0 Å². The van der Waals surface area contributed by atoms with Crippen molar-refractivity contribution in [1.82, 2.24) is 5.32 Å². The summed E-state index contributed by atoms with van der Waals surface area (Å²) >= 11 is 6.13. The summed E-state index contributed by atoms with van der Waals surface area (Å²) in [6.45, 7) is -0.0552. The number of alkyl halides is 3. The molecule has 0 saturated heterocycles. The minimum absolute atomic E-state index is 0.0552. The third kappa shape index (κ3) is 7.18. The van der Waals surface area contributed by atoms with Crippen LogP contribution >= 0.6 is 11.6 Å². The van der Waals surface area contributed by atoms with Crippen molar-refractivity contribution in [2.24, 2.45) is 0 Å². The molecule has 0 radical (unpaired) electrons. The van der Waals surface area contributed by atoms with E-state index in [2.05, 4.69) is 5.32 Å². The van der Waals surface area contributed by atoms with Crippen LogP contribution in [0.2, 0.25) is 5.02 Å². The van der Waals surface area contributed by atoms with Crippen LogP contribution in [0.1, 0.15) is 58.1 Å². The number of carboxylic acid groups (broad SMARTS) is 1. The van der Waals surface area contributed by atoms with Gasteiger partial charge >= 0.3 is 12.1 Å². The molecule has 0 fully saturated rings. The molecular weight excluding hydrogens is 546 g/mol. The topological polar surface area (TPSA) is 66.4 Å². The molecule has 4 aromatic rings. The predicted octanol–water partition coefficient (Wildman–Crippen LogP) is 8.10. The van der Waals surface area contributed by atoms with E-state index < -0.39 is 42.1 Å². The lowest BCUT2D eigenvalue weighted by molar-refractivity contribution is -0.137. The van der Waals surface area contributed by atoms with E-state index in [0.29, 0.717) is 32.5 Å². The van der Waals surface area contributed by atoms with Crippen LogP contribution in [0.15, 0.2) is 84.9 Å². The Morgan fingerprint density at radius 2 is 1.48 bits per heavy atom. The molecule has 0 aliphatic carbocycles. The van der Waals surface area contributed by atoms with E-state index in [-0.39, 0.29) is 24.9 Å². The molecule has 0 bridgehead atoms. The fourth-order valence-corrected chi connectivity index (χ4v) is 5.09. The second-order valence-electron chi connectivity index (χ2n) is 9.49. The molecule has 0 aliphatic heterocycles. The molecule has 9 heteroatoms. The van der Waals surface area contributed by atoms with Crippen LogP contribution in [0.25, 0.3) is 10.8 Å². The third-order valence-electron chi connectivity index (χ3n) is 6.84. The number of benzene rings is 4. The molecule has 4 aromatic carbocycles. The fourth-order valence-electron chi connectivity index (χ4n) is 4.97. The average molecular weight is 572 g/mol. The molecule has 0 heterocycles. The number of carbonyl (C=O) groups is 2. The second kappa shape index (κ2) is 12.5. The van der Waals surface area contributed by atoms with Crippen molar-refractivity contribution in [2.75, 3.05) is 6.54 Å². The Bertz CT molecular complexity index is 1490. The molecule has 0 saturated carbocycles. The lowest BCUT2D eigenvalue weighted by atomic mass is 9.73. The first kappa shape index (κ1) is 29.1. The zero-order chi connectivity index (χ0) is 28.9. The molecule has 0 spiro atoms. The molecule has 2 unspecified atom stereocenters. The van der Waals surface area contributed by atoms with Crippen LogP contribution < -0.4 is 5.32 Å². The summed E-state index contributed by atoms with van der Waals surface area (Å²) in [5.74, 6) is -3.26. The minimum Gasteiger partial charge on any atom is -0.481 e. The lowest BCUT2D eigenvalue weighted by Crippen LogP contribution is -2.26. The SMILES string of the molecule is O=C(O)CCNC(=O)c1ccc(C(CCC(F)(F)F)C(c2ccc(Cl)cc2)c2ccc(F)c3ccccc23)cc1. The molecule has 2 atom stereocenters. The molecule has 40 heavy (non-hydrogen) atoms. The smallest absolute Gasteiger partial charge is 0.389 e. The first-order chi connectivity index (χ1) is 19.0. The van der Waals surface area contributed by atoms with E-state index in [0.717, 1.165) is 0 Å². The monoisotopic (exact) mass is 571 g/mol. The quantitative estimate of drug-likeness (QED) is 0.189. The fraction of sp³-hybridized carbons (Fsp3) is 0.226. The summed E-state index contributed by atoms with van der Waals surface area (Å²) < 4.78 is 55.4. The Kier molecular flexibility index (Phi) is 9.10. The number of hydrogen-bond donors (Lipinski definition) is 2. The molecule has 208 valence electrons. The van der Waals surface area contributed by atoms with Crippen molar-refractivity contribution in [2.45, 2.75) is 37.3 Å². The van der Waals surface area contributed by atoms with E-state index in [1.54, 1.807) is 66.7 Å². The molecule has 4 rings (SSSR count). The lowest BCUT2D eigenvalue weighted by Gasteiger charge is -2.30. The summed E-state index contributed by atoms with van der Waals surface area (Å²) in [6.07, 6.45) is -5.94. The number of fused-ring (bicyclic) bond motifs is 1. The van der Waals surface area contributed by atoms with Gasteiger partial charge in [0.1, 0.15) is 5.82 Å². The number of aliphatic carboxylic acids is 1. The molecule has 0 aliphatic rings. The number of rotatable bonds is 10. The van der Waals surface area contributed by atoms with Gasteiger partial charge in [0.2, 0.25) is 0 Å². The van der Waals surface area contributed by atoms with Gasteiger partial charge in [-0.05, 0) is 64.7 Å². The Morgan fingerprint density at radius 1 is 0.850 bits per heavy atom. The Morgan fingerprint density at radius 3 is 2.10 bits per heavy atom. The number of carbonyl (C=O) groups excluding carboxylic acids is 1. The van der Waals surface area contributed by atoms with Gasteiger partial charge < -0.3 is 10.4 Å². The van der Waals surface area contributed by atoms with Crippen molar-refractivity contribution in [3.05, 3.63) is 118 Å². The Hall–Kier alpha value is -3.91. The maximum Gasteiger partial charge on any atom is 0.389 e. The number of halogens is 5. The second-order valence-corrected chi connectivity index (χ2v) is 9.93. The van der Waals surface area contributed by atoms with Crippen LogP contribution in [-0.2, 0) is 4.79 Å². The van der Waals surface area contributed by atoms with E-state index in [1.807, 2.05) is 0 Å². The van der Waals surface area contributed by atoms with Crippen molar-refractivity contribution < 1.29 is 32.3 Å². The first-order valence-electron chi connectivity index (χ1n) is 12.6.